The first-order chi connectivity index (χ1) is 12.2. The molecular weight excluding hydrogens is 357 g/mol. The van der Waals surface area contributed by atoms with Crippen molar-refractivity contribution in [1.29, 1.82) is 0 Å². The van der Waals surface area contributed by atoms with E-state index in [0.717, 1.165) is 29.9 Å². The van der Waals surface area contributed by atoms with Crippen LogP contribution in [-0.4, -0.2) is 21.0 Å². The Morgan fingerprint density at radius 2 is 1.72 bits per heavy atom. The van der Waals surface area contributed by atoms with Crippen molar-refractivity contribution in [3.05, 3.63) is 58.7 Å². The number of halogens is 2. The maximum absolute atomic E-state index is 6.07. The minimum absolute atomic E-state index is 0.451. The molecule has 25 heavy (non-hydrogen) atoms. The minimum atomic E-state index is 0.451. The Hall–Kier alpha value is -2.37. The van der Waals surface area contributed by atoms with Crippen molar-refractivity contribution in [2.24, 2.45) is 0 Å². The van der Waals surface area contributed by atoms with Crippen LogP contribution in [0.15, 0.2) is 48.7 Å². The van der Waals surface area contributed by atoms with Crippen LogP contribution >= 0.6 is 23.2 Å². The van der Waals surface area contributed by atoms with E-state index < -0.39 is 0 Å². The van der Waals surface area contributed by atoms with Crippen LogP contribution in [0, 0.1) is 0 Å². The van der Waals surface area contributed by atoms with Crippen molar-refractivity contribution < 1.29 is 0 Å². The fourth-order valence-electron chi connectivity index (χ4n) is 2.41. The summed E-state index contributed by atoms with van der Waals surface area (Å²) < 4.78 is 0. The normalized spacial score (nSPS) is 13.5. The molecule has 1 aliphatic carbocycles. The number of hydrogen-bond donors (Lipinski definition) is 2. The lowest BCUT2D eigenvalue weighted by Crippen LogP contribution is -2.08. The quantitative estimate of drug-likeness (QED) is 0.648. The van der Waals surface area contributed by atoms with Crippen molar-refractivity contribution in [3.8, 4) is 11.4 Å². The van der Waals surface area contributed by atoms with Crippen LogP contribution in [0.2, 0.25) is 10.0 Å². The van der Waals surface area contributed by atoms with Gasteiger partial charge in [-0.2, -0.15) is 4.98 Å². The second kappa shape index (κ2) is 6.86. The van der Waals surface area contributed by atoms with Crippen molar-refractivity contribution in [3.63, 3.8) is 0 Å². The lowest BCUT2D eigenvalue weighted by molar-refractivity contribution is 1.05. The van der Waals surface area contributed by atoms with Crippen molar-refractivity contribution in [2.75, 3.05) is 10.6 Å². The van der Waals surface area contributed by atoms with Gasteiger partial charge in [-0.25, -0.2) is 4.98 Å². The van der Waals surface area contributed by atoms with E-state index in [0.29, 0.717) is 27.9 Å². The Balaban J connectivity index is 1.70. The smallest absolute Gasteiger partial charge is 0.225 e. The Morgan fingerprint density at radius 3 is 2.40 bits per heavy atom. The summed E-state index contributed by atoms with van der Waals surface area (Å²) in [6.07, 6.45) is 4.03. The van der Waals surface area contributed by atoms with Crippen molar-refractivity contribution in [2.45, 2.75) is 18.9 Å². The molecule has 2 heterocycles. The molecule has 0 spiro atoms. The highest BCUT2D eigenvalue weighted by Crippen LogP contribution is 2.28. The summed E-state index contributed by atoms with van der Waals surface area (Å²) in [5.41, 5.74) is 2.30. The molecule has 4 rings (SSSR count). The highest BCUT2D eigenvalue weighted by atomic mass is 35.5. The standard InChI is InChI=1S/C18H15Cl2N5/c19-11-7-12(20)9-14(8-11)22-17-10-16(15-3-1-2-6-21-15)24-18(25-17)23-13-4-5-13/h1-3,6-10,13H,4-5H2,(H2,22,23,24,25). The number of rotatable bonds is 5. The predicted octanol–water partition coefficient (Wildman–Crippen LogP) is 5.16. The van der Waals surface area contributed by atoms with Crippen molar-refractivity contribution in [1.82, 2.24) is 15.0 Å². The number of hydrogen-bond acceptors (Lipinski definition) is 5. The summed E-state index contributed by atoms with van der Waals surface area (Å²) in [4.78, 5) is 13.5. The Morgan fingerprint density at radius 1 is 0.920 bits per heavy atom. The van der Waals surface area contributed by atoms with Gasteiger partial charge in [0.1, 0.15) is 5.82 Å². The third kappa shape index (κ3) is 4.18. The van der Waals surface area contributed by atoms with Gasteiger partial charge >= 0.3 is 0 Å². The van der Waals surface area contributed by atoms with E-state index in [-0.39, 0.29) is 0 Å². The summed E-state index contributed by atoms with van der Waals surface area (Å²) >= 11 is 12.1. The van der Waals surface area contributed by atoms with Gasteiger partial charge in [-0.3, -0.25) is 4.98 Å². The highest BCUT2D eigenvalue weighted by Gasteiger charge is 2.22. The monoisotopic (exact) mass is 371 g/mol. The molecule has 0 bridgehead atoms. The topological polar surface area (TPSA) is 62.7 Å². The van der Waals surface area contributed by atoms with E-state index in [2.05, 4.69) is 25.6 Å². The van der Waals surface area contributed by atoms with Gasteiger partial charge in [0.05, 0.1) is 11.4 Å². The molecule has 2 N–H and O–H groups in total. The molecule has 2 aromatic heterocycles. The van der Waals surface area contributed by atoms with Crippen LogP contribution in [-0.2, 0) is 0 Å². The van der Waals surface area contributed by atoms with Gasteiger partial charge in [0, 0.05) is 34.0 Å². The van der Waals surface area contributed by atoms with Gasteiger partial charge in [-0.15, -0.1) is 0 Å². The lowest BCUT2D eigenvalue weighted by atomic mass is 10.2. The summed E-state index contributed by atoms with van der Waals surface area (Å²) in [6, 6.07) is 13.3. The molecule has 126 valence electrons. The van der Waals surface area contributed by atoms with Gasteiger partial charge in [-0.05, 0) is 43.2 Å². The first-order valence-corrected chi connectivity index (χ1v) is 8.71. The van der Waals surface area contributed by atoms with Gasteiger partial charge < -0.3 is 10.6 Å². The number of nitrogens with one attached hydrogen (secondary N) is 2. The second-order valence-electron chi connectivity index (χ2n) is 5.88. The zero-order chi connectivity index (χ0) is 17.2. The largest absolute Gasteiger partial charge is 0.351 e. The highest BCUT2D eigenvalue weighted by molar-refractivity contribution is 6.35. The average molecular weight is 372 g/mol. The SMILES string of the molecule is Clc1cc(Cl)cc(Nc2cc(-c3ccccn3)nc(NC3CC3)n2)c1. The number of nitrogens with zero attached hydrogens (tertiary/aromatic N) is 3. The predicted molar refractivity (Wildman–Crippen MR) is 102 cm³/mol. The lowest BCUT2D eigenvalue weighted by Gasteiger charge is -2.11. The van der Waals surface area contributed by atoms with E-state index >= 15 is 0 Å². The van der Waals surface area contributed by atoms with Gasteiger partial charge in [0.25, 0.3) is 0 Å². The maximum Gasteiger partial charge on any atom is 0.225 e. The van der Waals surface area contributed by atoms with E-state index in [9.17, 15) is 0 Å². The number of pyridine rings is 1. The average Bonchev–Trinajstić information content (AvgIpc) is 3.38. The van der Waals surface area contributed by atoms with Crippen LogP contribution in [0.5, 0.6) is 0 Å². The molecule has 0 aliphatic heterocycles. The fraction of sp³-hybridized carbons (Fsp3) is 0.167. The second-order valence-corrected chi connectivity index (χ2v) is 6.75. The molecule has 1 aromatic carbocycles. The van der Waals surface area contributed by atoms with Crippen LogP contribution < -0.4 is 10.6 Å². The molecular formula is C18H15Cl2N5. The molecule has 0 amide bonds. The first kappa shape index (κ1) is 16.1. The van der Waals surface area contributed by atoms with Crippen LogP contribution in [0.3, 0.4) is 0 Å². The van der Waals surface area contributed by atoms with Gasteiger partial charge in [-0.1, -0.05) is 29.3 Å². The Bertz CT molecular complexity index is 877. The van der Waals surface area contributed by atoms with E-state index in [1.807, 2.05) is 24.3 Å². The molecule has 0 unspecified atom stereocenters. The summed E-state index contributed by atoms with van der Waals surface area (Å²) in [5.74, 6) is 1.23. The third-order valence-corrected chi connectivity index (χ3v) is 4.14. The van der Waals surface area contributed by atoms with Gasteiger partial charge in [0.2, 0.25) is 5.95 Å². The molecule has 5 nitrogen and oxygen atoms in total. The van der Waals surface area contributed by atoms with Crippen LogP contribution in [0.1, 0.15) is 12.8 Å². The van der Waals surface area contributed by atoms with Gasteiger partial charge in [0.15, 0.2) is 0 Å². The Kier molecular flexibility index (Phi) is 4.42. The van der Waals surface area contributed by atoms with Crippen LogP contribution in [0.4, 0.5) is 17.5 Å². The molecule has 1 fully saturated rings. The zero-order valence-corrected chi connectivity index (χ0v) is 14.7. The van der Waals surface area contributed by atoms with E-state index in [4.69, 9.17) is 23.2 Å². The summed E-state index contributed by atoms with van der Waals surface area (Å²) in [5, 5.41) is 7.70. The summed E-state index contributed by atoms with van der Waals surface area (Å²) in [7, 11) is 0. The molecule has 0 atom stereocenters. The third-order valence-electron chi connectivity index (χ3n) is 3.70. The fourth-order valence-corrected chi connectivity index (χ4v) is 2.93. The Labute approximate surface area is 155 Å². The number of benzene rings is 1. The molecule has 0 radical (unpaired) electrons. The zero-order valence-electron chi connectivity index (χ0n) is 13.2. The molecule has 1 saturated carbocycles. The van der Waals surface area contributed by atoms with E-state index in [1.54, 1.807) is 24.4 Å². The molecule has 1 aliphatic rings. The maximum atomic E-state index is 6.07. The number of aromatic nitrogens is 3. The molecule has 7 heteroatoms. The molecule has 3 aromatic rings. The minimum Gasteiger partial charge on any atom is -0.351 e. The van der Waals surface area contributed by atoms with Crippen molar-refractivity contribution >= 4 is 40.7 Å². The van der Waals surface area contributed by atoms with Crippen LogP contribution in [0.25, 0.3) is 11.4 Å². The molecule has 0 saturated heterocycles. The number of anilines is 3. The van der Waals surface area contributed by atoms with E-state index in [1.165, 1.54) is 0 Å². The summed E-state index contributed by atoms with van der Waals surface area (Å²) in [6.45, 7) is 0. The first-order valence-electron chi connectivity index (χ1n) is 7.96.